The first-order valence-corrected chi connectivity index (χ1v) is 7.49. The summed E-state index contributed by atoms with van der Waals surface area (Å²) in [5, 5.41) is 0.644. The van der Waals surface area contributed by atoms with Gasteiger partial charge in [0.1, 0.15) is 11.9 Å². The second-order valence-electron chi connectivity index (χ2n) is 5.01. The number of benzene rings is 2. The van der Waals surface area contributed by atoms with Gasteiger partial charge in [-0.1, -0.05) is 48.0 Å². The van der Waals surface area contributed by atoms with E-state index in [1.54, 1.807) is 17.0 Å². The van der Waals surface area contributed by atoms with Crippen LogP contribution in [0.2, 0.25) is 5.02 Å². The molecule has 22 heavy (non-hydrogen) atoms. The van der Waals surface area contributed by atoms with Crippen molar-refractivity contribution in [2.24, 2.45) is 0 Å². The molecule has 2 aromatic rings. The molecule has 1 aliphatic rings. The number of carbonyl (C=O) groups excluding carboxylic acids is 1. The molecule has 1 heterocycles. The summed E-state index contributed by atoms with van der Waals surface area (Å²) in [4.78, 5) is 13.9. The van der Waals surface area contributed by atoms with Gasteiger partial charge < -0.3 is 14.4 Å². The minimum absolute atomic E-state index is 0.231. The van der Waals surface area contributed by atoms with Crippen molar-refractivity contribution in [2.75, 3.05) is 19.7 Å². The average Bonchev–Trinajstić information content (AvgIpc) is 2.56. The molecule has 0 saturated carbocycles. The maximum atomic E-state index is 12.2. The van der Waals surface area contributed by atoms with Crippen LogP contribution in [0.1, 0.15) is 11.7 Å². The number of hydrogen-bond acceptors (Lipinski definition) is 3. The Morgan fingerprint density at radius 1 is 1.14 bits per heavy atom. The molecule has 1 amide bonds. The first kappa shape index (κ1) is 14.9. The number of amides is 1. The van der Waals surface area contributed by atoms with Gasteiger partial charge >= 0.3 is 6.09 Å². The van der Waals surface area contributed by atoms with Gasteiger partial charge in [0.05, 0.1) is 13.2 Å². The third kappa shape index (κ3) is 3.40. The fraction of sp³-hybridized carbons (Fsp3) is 0.235. The number of ether oxygens (including phenoxy) is 2. The lowest BCUT2D eigenvalue weighted by Gasteiger charge is -2.32. The molecule has 5 heteroatoms. The van der Waals surface area contributed by atoms with Gasteiger partial charge in [-0.15, -0.1) is 0 Å². The topological polar surface area (TPSA) is 38.8 Å². The molecule has 1 atom stereocenters. The minimum Gasteiger partial charge on any atom is -0.410 e. The van der Waals surface area contributed by atoms with E-state index in [1.807, 2.05) is 42.5 Å². The molecule has 1 saturated heterocycles. The molecule has 4 nitrogen and oxygen atoms in total. The highest BCUT2D eigenvalue weighted by atomic mass is 35.5. The summed E-state index contributed by atoms with van der Waals surface area (Å²) in [5.41, 5.74) is 0.890. The molecule has 0 N–H and O–H groups in total. The van der Waals surface area contributed by atoms with Gasteiger partial charge in [-0.05, 0) is 18.2 Å². The second kappa shape index (κ2) is 6.81. The summed E-state index contributed by atoms with van der Waals surface area (Å²) in [7, 11) is 0. The Hall–Kier alpha value is -2.04. The Morgan fingerprint density at radius 2 is 1.86 bits per heavy atom. The molecule has 0 aromatic heterocycles. The Morgan fingerprint density at radius 3 is 2.64 bits per heavy atom. The van der Waals surface area contributed by atoms with Crippen molar-refractivity contribution in [3.63, 3.8) is 0 Å². The molecular formula is C17H16ClNO3. The van der Waals surface area contributed by atoms with Crippen LogP contribution in [0.15, 0.2) is 54.6 Å². The zero-order valence-electron chi connectivity index (χ0n) is 11.9. The van der Waals surface area contributed by atoms with Crippen molar-refractivity contribution in [1.82, 2.24) is 4.90 Å². The normalized spacial score (nSPS) is 18.0. The zero-order valence-corrected chi connectivity index (χ0v) is 12.7. The minimum atomic E-state index is -0.369. The van der Waals surface area contributed by atoms with Crippen LogP contribution in [0.3, 0.4) is 0 Å². The van der Waals surface area contributed by atoms with Crippen molar-refractivity contribution in [3.05, 3.63) is 65.2 Å². The molecule has 0 bridgehead atoms. The highest BCUT2D eigenvalue weighted by molar-refractivity contribution is 6.31. The van der Waals surface area contributed by atoms with Crippen molar-refractivity contribution >= 4 is 17.7 Å². The Labute approximate surface area is 134 Å². The van der Waals surface area contributed by atoms with E-state index in [0.29, 0.717) is 30.5 Å². The van der Waals surface area contributed by atoms with Crippen molar-refractivity contribution in [1.29, 1.82) is 0 Å². The number of carbonyl (C=O) groups is 1. The van der Waals surface area contributed by atoms with E-state index in [4.69, 9.17) is 21.1 Å². The van der Waals surface area contributed by atoms with Crippen molar-refractivity contribution in [2.45, 2.75) is 6.10 Å². The number of nitrogens with zero attached hydrogens (tertiary/aromatic N) is 1. The van der Waals surface area contributed by atoms with Gasteiger partial charge in [0.2, 0.25) is 0 Å². The summed E-state index contributed by atoms with van der Waals surface area (Å²) in [6.45, 7) is 1.39. The van der Waals surface area contributed by atoms with Gasteiger partial charge in [0, 0.05) is 17.1 Å². The van der Waals surface area contributed by atoms with E-state index < -0.39 is 0 Å². The highest BCUT2D eigenvalue weighted by Crippen LogP contribution is 2.28. The fourth-order valence-electron chi connectivity index (χ4n) is 2.39. The van der Waals surface area contributed by atoms with Crippen LogP contribution in [-0.2, 0) is 4.74 Å². The first-order chi connectivity index (χ1) is 10.7. The van der Waals surface area contributed by atoms with Gasteiger partial charge in [0.25, 0.3) is 0 Å². The van der Waals surface area contributed by atoms with Crippen molar-refractivity contribution < 1.29 is 14.3 Å². The third-order valence-corrected chi connectivity index (χ3v) is 3.87. The smallest absolute Gasteiger partial charge is 0.410 e. The molecule has 2 aromatic carbocycles. The lowest BCUT2D eigenvalue weighted by atomic mass is 10.1. The molecular weight excluding hydrogens is 302 g/mol. The Kier molecular flexibility index (Phi) is 4.61. The van der Waals surface area contributed by atoms with Gasteiger partial charge in [-0.3, -0.25) is 0 Å². The van der Waals surface area contributed by atoms with E-state index in [0.717, 1.165) is 5.56 Å². The van der Waals surface area contributed by atoms with Crippen LogP contribution in [0.4, 0.5) is 4.79 Å². The molecule has 0 spiro atoms. The quantitative estimate of drug-likeness (QED) is 0.843. The molecule has 1 aliphatic heterocycles. The summed E-state index contributed by atoms with van der Waals surface area (Å²) in [5.74, 6) is 0.535. The standard InChI is InChI=1S/C17H16ClNO3/c18-15-9-5-4-8-14(15)16-12-19(10-11-21-16)17(20)22-13-6-2-1-3-7-13/h1-9,16H,10-12H2. The lowest BCUT2D eigenvalue weighted by Crippen LogP contribution is -2.43. The fourth-order valence-corrected chi connectivity index (χ4v) is 2.65. The van der Waals surface area contributed by atoms with Crippen molar-refractivity contribution in [3.8, 4) is 5.75 Å². The largest absolute Gasteiger partial charge is 0.415 e. The number of halogens is 1. The van der Waals surface area contributed by atoms with E-state index >= 15 is 0 Å². The average molecular weight is 318 g/mol. The van der Waals surface area contributed by atoms with E-state index in [9.17, 15) is 4.79 Å². The zero-order chi connectivity index (χ0) is 15.4. The van der Waals surface area contributed by atoms with Crippen LogP contribution < -0.4 is 4.74 Å². The second-order valence-corrected chi connectivity index (χ2v) is 5.42. The van der Waals surface area contributed by atoms with E-state index in [-0.39, 0.29) is 12.2 Å². The van der Waals surface area contributed by atoms with Crippen LogP contribution in [0.25, 0.3) is 0 Å². The van der Waals surface area contributed by atoms with Gasteiger partial charge in [-0.2, -0.15) is 0 Å². The molecule has 0 radical (unpaired) electrons. The Bertz CT molecular complexity index is 647. The van der Waals surface area contributed by atoms with E-state index in [1.165, 1.54) is 0 Å². The summed E-state index contributed by atoms with van der Waals surface area (Å²) >= 11 is 6.20. The summed E-state index contributed by atoms with van der Waals surface area (Å²) < 4.78 is 11.1. The number of para-hydroxylation sites is 1. The highest BCUT2D eigenvalue weighted by Gasteiger charge is 2.27. The van der Waals surface area contributed by atoms with Crippen LogP contribution in [0, 0.1) is 0 Å². The van der Waals surface area contributed by atoms with E-state index in [2.05, 4.69) is 0 Å². The number of morpholine rings is 1. The number of rotatable bonds is 2. The maximum Gasteiger partial charge on any atom is 0.415 e. The summed E-state index contributed by atoms with van der Waals surface area (Å²) in [6.07, 6.45) is -0.600. The third-order valence-electron chi connectivity index (χ3n) is 3.53. The predicted molar refractivity (Wildman–Crippen MR) is 84.2 cm³/mol. The maximum absolute atomic E-state index is 12.2. The summed E-state index contributed by atoms with van der Waals surface area (Å²) in [6, 6.07) is 16.6. The molecule has 114 valence electrons. The molecule has 1 fully saturated rings. The molecule has 1 unspecified atom stereocenters. The Balaban J connectivity index is 1.68. The van der Waals surface area contributed by atoms with Crippen LogP contribution >= 0.6 is 11.6 Å². The van der Waals surface area contributed by atoms with Crippen LogP contribution in [0.5, 0.6) is 5.75 Å². The number of hydrogen-bond donors (Lipinski definition) is 0. The monoisotopic (exact) mass is 317 g/mol. The lowest BCUT2D eigenvalue weighted by molar-refractivity contribution is -0.0217. The van der Waals surface area contributed by atoms with Gasteiger partial charge in [0.15, 0.2) is 0 Å². The SMILES string of the molecule is O=C(Oc1ccccc1)N1CCOC(c2ccccc2Cl)C1. The van der Waals surface area contributed by atoms with Gasteiger partial charge in [-0.25, -0.2) is 4.79 Å². The molecule has 3 rings (SSSR count). The first-order valence-electron chi connectivity index (χ1n) is 7.12. The molecule has 0 aliphatic carbocycles. The predicted octanol–water partition coefficient (Wildman–Crippen LogP) is 3.91. The van der Waals surface area contributed by atoms with Crippen LogP contribution in [-0.4, -0.2) is 30.7 Å².